The maximum atomic E-state index is 13.0. The lowest BCUT2D eigenvalue weighted by molar-refractivity contribution is 0.0697. The molecule has 6 heteroatoms. The van der Waals surface area contributed by atoms with Crippen molar-refractivity contribution in [1.82, 2.24) is 10.2 Å². The highest BCUT2D eigenvalue weighted by atomic mass is 16.5. The summed E-state index contributed by atoms with van der Waals surface area (Å²) >= 11 is 0. The third-order valence-corrected chi connectivity index (χ3v) is 5.82. The van der Waals surface area contributed by atoms with E-state index in [1.807, 2.05) is 29.2 Å². The molecule has 1 N–H and O–H groups in total. The highest BCUT2D eigenvalue weighted by Gasteiger charge is 2.25. The topological polar surface area (TPSA) is 67.9 Å². The molecule has 32 heavy (non-hydrogen) atoms. The van der Waals surface area contributed by atoms with Crippen molar-refractivity contribution in [2.24, 2.45) is 0 Å². The van der Waals surface area contributed by atoms with E-state index < -0.39 is 0 Å². The van der Waals surface area contributed by atoms with E-state index in [1.165, 1.54) is 12.8 Å². The van der Waals surface area contributed by atoms with Crippen molar-refractivity contribution in [2.45, 2.75) is 51.5 Å². The Kier molecular flexibility index (Phi) is 8.96. The Bertz CT molecular complexity index is 877. The molecule has 3 rings (SSSR count). The first-order valence-corrected chi connectivity index (χ1v) is 11.6. The first-order chi connectivity index (χ1) is 15.6. The number of nitrogens with one attached hydrogen (secondary N) is 1. The Balaban J connectivity index is 1.51. The molecular weight excluding hydrogens is 404 g/mol. The average Bonchev–Trinajstić information content (AvgIpc) is 2.84. The molecule has 6 nitrogen and oxygen atoms in total. The van der Waals surface area contributed by atoms with Crippen LogP contribution >= 0.6 is 0 Å². The molecule has 1 saturated heterocycles. The summed E-state index contributed by atoms with van der Waals surface area (Å²) in [6.45, 7) is 4.04. The molecule has 0 saturated carbocycles. The smallest absolute Gasteiger partial charge is 0.253 e. The van der Waals surface area contributed by atoms with Gasteiger partial charge in [-0.25, -0.2) is 0 Å². The largest absolute Gasteiger partial charge is 0.493 e. The van der Waals surface area contributed by atoms with Crippen LogP contribution in [0.3, 0.4) is 0 Å². The number of ether oxygens (including phenoxy) is 2. The molecule has 0 bridgehead atoms. The first-order valence-electron chi connectivity index (χ1n) is 11.6. The van der Waals surface area contributed by atoms with E-state index in [1.54, 1.807) is 31.4 Å². The summed E-state index contributed by atoms with van der Waals surface area (Å²) < 4.78 is 11.3. The number of unbranched alkanes of at least 4 members (excludes halogenated alkanes) is 3. The van der Waals surface area contributed by atoms with Gasteiger partial charge in [0.25, 0.3) is 11.8 Å². The number of nitrogens with zero attached hydrogens (tertiary/aromatic N) is 1. The van der Waals surface area contributed by atoms with Gasteiger partial charge in [0.2, 0.25) is 0 Å². The number of benzene rings is 2. The quantitative estimate of drug-likeness (QED) is 0.547. The summed E-state index contributed by atoms with van der Waals surface area (Å²) in [4.78, 5) is 27.2. The van der Waals surface area contributed by atoms with Gasteiger partial charge >= 0.3 is 0 Å². The third kappa shape index (κ3) is 6.49. The second-order valence-electron chi connectivity index (χ2n) is 8.18. The van der Waals surface area contributed by atoms with E-state index in [4.69, 9.17) is 9.47 Å². The van der Waals surface area contributed by atoms with Crippen molar-refractivity contribution < 1.29 is 19.1 Å². The fourth-order valence-electron chi connectivity index (χ4n) is 3.90. The second kappa shape index (κ2) is 12.1. The van der Waals surface area contributed by atoms with Crippen molar-refractivity contribution >= 4 is 11.8 Å². The van der Waals surface area contributed by atoms with Crippen molar-refractivity contribution in [2.75, 3.05) is 26.8 Å². The number of carbonyl (C=O) groups excluding carboxylic acids is 2. The standard InChI is InChI=1S/C26H34N2O4/c1-3-4-5-9-18-32-23-13-12-21(19-24(23)31-2)26(30)28-16-14-22(15-17-28)27-25(29)20-10-7-6-8-11-20/h6-8,10-13,19,22H,3-5,9,14-18H2,1-2H3,(H,27,29). The number of carbonyl (C=O) groups is 2. The molecule has 0 spiro atoms. The normalized spacial score (nSPS) is 14.1. The van der Waals surface area contributed by atoms with Gasteiger partial charge in [0.15, 0.2) is 11.5 Å². The molecule has 1 heterocycles. The molecule has 1 fully saturated rings. The van der Waals surface area contributed by atoms with Crippen LogP contribution in [-0.4, -0.2) is 49.6 Å². The van der Waals surface area contributed by atoms with E-state index in [9.17, 15) is 9.59 Å². The van der Waals surface area contributed by atoms with E-state index in [-0.39, 0.29) is 17.9 Å². The zero-order chi connectivity index (χ0) is 22.8. The Hall–Kier alpha value is -3.02. The van der Waals surface area contributed by atoms with Gasteiger partial charge < -0.3 is 19.7 Å². The molecule has 0 atom stereocenters. The van der Waals surface area contributed by atoms with E-state index in [0.29, 0.717) is 42.3 Å². The number of piperidine rings is 1. The van der Waals surface area contributed by atoms with Crippen LogP contribution in [0.1, 0.15) is 66.2 Å². The summed E-state index contributed by atoms with van der Waals surface area (Å²) in [5.74, 6) is 1.16. The predicted molar refractivity (Wildman–Crippen MR) is 125 cm³/mol. The minimum Gasteiger partial charge on any atom is -0.493 e. The lowest BCUT2D eigenvalue weighted by Gasteiger charge is -2.32. The average molecular weight is 439 g/mol. The van der Waals surface area contributed by atoms with Crippen molar-refractivity contribution in [3.05, 3.63) is 59.7 Å². The van der Waals surface area contributed by atoms with Gasteiger partial charge in [-0.05, 0) is 49.6 Å². The minimum absolute atomic E-state index is 0.0226. The van der Waals surface area contributed by atoms with Gasteiger partial charge in [-0.2, -0.15) is 0 Å². The molecule has 0 aromatic heterocycles. The van der Waals surface area contributed by atoms with Crippen molar-refractivity contribution in [1.29, 1.82) is 0 Å². The number of likely N-dealkylation sites (tertiary alicyclic amines) is 1. The summed E-state index contributed by atoms with van der Waals surface area (Å²) in [5.41, 5.74) is 1.25. The maximum Gasteiger partial charge on any atom is 0.253 e. The third-order valence-electron chi connectivity index (χ3n) is 5.82. The number of hydrogen-bond donors (Lipinski definition) is 1. The Labute approximate surface area is 190 Å². The zero-order valence-electron chi connectivity index (χ0n) is 19.1. The molecule has 0 unspecified atom stereocenters. The van der Waals surface area contributed by atoms with Gasteiger partial charge in [-0.3, -0.25) is 9.59 Å². The number of rotatable bonds is 10. The van der Waals surface area contributed by atoms with Crippen LogP contribution in [0.15, 0.2) is 48.5 Å². The van der Waals surface area contributed by atoms with Gasteiger partial charge in [0, 0.05) is 30.3 Å². The molecule has 0 radical (unpaired) electrons. The van der Waals surface area contributed by atoms with E-state index in [0.717, 1.165) is 25.7 Å². The first kappa shape index (κ1) is 23.6. The Morgan fingerprint density at radius 1 is 0.969 bits per heavy atom. The van der Waals surface area contributed by atoms with Gasteiger partial charge in [-0.1, -0.05) is 44.4 Å². The predicted octanol–water partition coefficient (Wildman–Crippen LogP) is 4.69. The summed E-state index contributed by atoms with van der Waals surface area (Å²) in [7, 11) is 1.59. The number of amides is 2. The minimum atomic E-state index is -0.0644. The summed E-state index contributed by atoms with van der Waals surface area (Å²) in [5, 5.41) is 3.08. The van der Waals surface area contributed by atoms with Crippen LogP contribution in [0.5, 0.6) is 11.5 Å². The highest BCUT2D eigenvalue weighted by Crippen LogP contribution is 2.29. The fourth-order valence-corrected chi connectivity index (χ4v) is 3.90. The van der Waals surface area contributed by atoms with Crippen LogP contribution in [0.4, 0.5) is 0 Å². The lowest BCUT2D eigenvalue weighted by atomic mass is 10.0. The molecule has 2 aromatic carbocycles. The van der Waals surface area contributed by atoms with Crippen LogP contribution in [-0.2, 0) is 0 Å². The number of hydrogen-bond acceptors (Lipinski definition) is 4. The Morgan fingerprint density at radius 3 is 2.41 bits per heavy atom. The Morgan fingerprint density at radius 2 is 1.72 bits per heavy atom. The van der Waals surface area contributed by atoms with Crippen LogP contribution in [0, 0.1) is 0 Å². The van der Waals surface area contributed by atoms with Crippen LogP contribution in [0.2, 0.25) is 0 Å². The molecule has 172 valence electrons. The zero-order valence-corrected chi connectivity index (χ0v) is 19.1. The molecule has 0 aliphatic carbocycles. The van der Waals surface area contributed by atoms with Gasteiger partial charge in [0.05, 0.1) is 13.7 Å². The van der Waals surface area contributed by atoms with Crippen molar-refractivity contribution in [3.8, 4) is 11.5 Å². The molecular formula is C26H34N2O4. The monoisotopic (exact) mass is 438 g/mol. The molecule has 1 aliphatic heterocycles. The van der Waals surface area contributed by atoms with Gasteiger partial charge in [0.1, 0.15) is 0 Å². The molecule has 1 aliphatic rings. The van der Waals surface area contributed by atoms with Gasteiger partial charge in [-0.15, -0.1) is 0 Å². The molecule has 2 aromatic rings. The lowest BCUT2D eigenvalue weighted by Crippen LogP contribution is -2.46. The number of methoxy groups -OCH3 is 1. The van der Waals surface area contributed by atoms with E-state index >= 15 is 0 Å². The van der Waals surface area contributed by atoms with E-state index in [2.05, 4.69) is 12.2 Å². The second-order valence-corrected chi connectivity index (χ2v) is 8.18. The SMILES string of the molecule is CCCCCCOc1ccc(C(=O)N2CCC(NC(=O)c3ccccc3)CC2)cc1OC. The van der Waals surface area contributed by atoms with Crippen LogP contribution < -0.4 is 14.8 Å². The maximum absolute atomic E-state index is 13.0. The summed E-state index contributed by atoms with van der Waals surface area (Å²) in [6, 6.07) is 14.7. The summed E-state index contributed by atoms with van der Waals surface area (Å²) in [6.07, 6.45) is 6.03. The van der Waals surface area contributed by atoms with Crippen LogP contribution in [0.25, 0.3) is 0 Å². The molecule has 2 amide bonds. The highest BCUT2D eigenvalue weighted by molar-refractivity contribution is 5.95. The fraction of sp³-hybridized carbons (Fsp3) is 0.462. The van der Waals surface area contributed by atoms with Crippen molar-refractivity contribution in [3.63, 3.8) is 0 Å².